The molecule has 0 saturated carbocycles. The van der Waals surface area contributed by atoms with Gasteiger partial charge in [-0.3, -0.25) is 9.78 Å². The first-order valence-electron chi connectivity index (χ1n) is 7.87. The fourth-order valence-corrected chi connectivity index (χ4v) is 3.11. The number of nitrogens with zero attached hydrogens (tertiary/aromatic N) is 5. The zero-order chi connectivity index (χ0) is 19.2. The number of halogens is 1. The zero-order valence-electron chi connectivity index (χ0n) is 14.3. The van der Waals surface area contributed by atoms with E-state index in [1.54, 1.807) is 24.5 Å². The number of nitrogens with two attached hydrogens (primary N) is 1. The number of hydrogen-bond donors (Lipinski definition) is 2. The van der Waals surface area contributed by atoms with Crippen LogP contribution in [0.3, 0.4) is 0 Å². The molecule has 8 nitrogen and oxygen atoms in total. The van der Waals surface area contributed by atoms with Gasteiger partial charge >= 0.3 is 0 Å². The summed E-state index contributed by atoms with van der Waals surface area (Å²) < 4.78 is 2.19. The van der Waals surface area contributed by atoms with E-state index >= 15 is 0 Å². The molecule has 0 unspecified atom stereocenters. The van der Waals surface area contributed by atoms with E-state index < -0.39 is 0 Å². The fraction of sp³-hybridized carbons (Fsp3) is 0.118. The lowest BCUT2D eigenvalue weighted by molar-refractivity contribution is 0.102. The molecular weight excluding hydrogens is 430 g/mol. The molecule has 0 spiro atoms. The van der Waals surface area contributed by atoms with Crippen molar-refractivity contribution in [3.63, 3.8) is 0 Å². The standard InChI is InChI=1S/C17H16BrN7OS/c1-11(12-6-8-20-9-7-12)21-22-16-23-24-17(25(16)19)27-10-15(26)13-2-4-14(18)5-3-13/h2-9H,10,19H2,1H3,(H,22,23)/b21-11+. The van der Waals surface area contributed by atoms with E-state index in [0.717, 1.165) is 15.7 Å². The maximum atomic E-state index is 12.2. The second kappa shape index (κ2) is 8.78. The molecule has 3 N–H and O–H groups in total. The van der Waals surface area contributed by atoms with Crippen molar-refractivity contribution in [2.45, 2.75) is 12.1 Å². The number of nitrogen functional groups attached to an aromatic ring is 1. The summed E-state index contributed by atoms with van der Waals surface area (Å²) in [7, 11) is 0. The van der Waals surface area contributed by atoms with Crippen molar-refractivity contribution in [1.82, 2.24) is 19.9 Å². The van der Waals surface area contributed by atoms with Gasteiger partial charge in [-0.05, 0) is 31.2 Å². The number of carbonyl (C=O) groups excluding carboxylic acids is 1. The highest BCUT2D eigenvalue weighted by molar-refractivity contribution is 9.10. The fourth-order valence-electron chi connectivity index (χ4n) is 2.09. The van der Waals surface area contributed by atoms with E-state index in [0.29, 0.717) is 10.7 Å². The number of benzene rings is 1. The average molecular weight is 446 g/mol. The van der Waals surface area contributed by atoms with Gasteiger partial charge in [-0.1, -0.05) is 39.8 Å². The lowest BCUT2D eigenvalue weighted by Crippen LogP contribution is -2.14. The lowest BCUT2D eigenvalue weighted by atomic mass is 10.2. The maximum absolute atomic E-state index is 12.2. The topological polar surface area (TPSA) is 111 Å². The number of carbonyl (C=O) groups is 1. The SMILES string of the molecule is C/C(=N\Nc1nnc(SCC(=O)c2ccc(Br)cc2)n1N)c1ccncc1. The van der Waals surface area contributed by atoms with E-state index in [1.165, 1.54) is 16.4 Å². The minimum absolute atomic E-state index is 0.0171. The predicted octanol–water partition coefficient (Wildman–Crippen LogP) is 2.96. The predicted molar refractivity (Wildman–Crippen MR) is 109 cm³/mol. The third-order valence-electron chi connectivity index (χ3n) is 3.58. The molecule has 0 radical (unpaired) electrons. The number of nitrogens with one attached hydrogen (secondary N) is 1. The molecule has 3 rings (SSSR count). The van der Waals surface area contributed by atoms with E-state index in [1.807, 2.05) is 31.2 Å². The molecule has 0 saturated heterocycles. The smallest absolute Gasteiger partial charge is 0.264 e. The van der Waals surface area contributed by atoms with Crippen molar-refractivity contribution in [2.75, 3.05) is 17.0 Å². The Morgan fingerprint density at radius 1 is 1.19 bits per heavy atom. The Morgan fingerprint density at radius 2 is 1.89 bits per heavy atom. The number of Topliss-reactive ketones (excluding diaryl/α,β-unsaturated/α-hetero) is 1. The van der Waals surface area contributed by atoms with Crippen LogP contribution in [0, 0.1) is 0 Å². The number of thioether (sulfide) groups is 1. The monoisotopic (exact) mass is 445 g/mol. The van der Waals surface area contributed by atoms with Crippen LogP contribution in [0.1, 0.15) is 22.8 Å². The summed E-state index contributed by atoms with van der Waals surface area (Å²) in [6, 6.07) is 10.9. The van der Waals surface area contributed by atoms with E-state index in [2.05, 4.69) is 41.6 Å². The van der Waals surface area contributed by atoms with Crippen LogP contribution in [0.2, 0.25) is 0 Å². The summed E-state index contributed by atoms with van der Waals surface area (Å²) in [5.41, 5.74) is 5.09. The minimum atomic E-state index is -0.0171. The first-order valence-corrected chi connectivity index (χ1v) is 9.65. The van der Waals surface area contributed by atoms with Crippen LogP contribution in [0.25, 0.3) is 0 Å². The quantitative estimate of drug-likeness (QED) is 0.189. The number of rotatable bonds is 7. The second-order valence-electron chi connectivity index (χ2n) is 5.44. The van der Waals surface area contributed by atoms with E-state index in [-0.39, 0.29) is 17.5 Å². The number of hydrogen-bond acceptors (Lipinski definition) is 8. The highest BCUT2D eigenvalue weighted by Gasteiger charge is 2.13. The maximum Gasteiger partial charge on any atom is 0.264 e. The summed E-state index contributed by atoms with van der Waals surface area (Å²) in [6.07, 6.45) is 3.38. The normalized spacial score (nSPS) is 11.4. The van der Waals surface area contributed by atoms with Crippen molar-refractivity contribution in [2.24, 2.45) is 5.10 Å². The Labute approximate surface area is 168 Å². The Morgan fingerprint density at radius 3 is 2.59 bits per heavy atom. The summed E-state index contributed by atoms with van der Waals surface area (Å²) in [4.78, 5) is 16.2. The average Bonchev–Trinajstić information content (AvgIpc) is 3.05. The van der Waals surface area contributed by atoms with Gasteiger partial charge in [0.1, 0.15) is 0 Å². The van der Waals surface area contributed by atoms with Crippen LogP contribution in [0.5, 0.6) is 0 Å². The molecule has 0 bridgehead atoms. The van der Waals surface area contributed by atoms with Crippen LogP contribution < -0.4 is 11.3 Å². The summed E-state index contributed by atoms with van der Waals surface area (Å²) in [6.45, 7) is 1.85. The van der Waals surface area contributed by atoms with Gasteiger partial charge in [0.05, 0.1) is 11.5 Å². The van der Waals surface area contributed by atoms with Gasteiger partial charge in [0.15, 0.2) is 5.78 Å². The van der Waals surface area contributed by atoms with Crippen molar-refractivity contribution < 1.29 is 4.79 Å². The molecule has 2 heterocycles. The number of hydrazone groups is 1. The van der Waals surface area contributed by atoms with Gasteiger partial charge in [-0.2, -0.15) is 5.10 Å². The third-order valence-corrected chi connectivity index (χ3v) is 5.06. The van der Waals surface area contributed by atoms with Crippen LogP contribution in [-0.2, 0) is 0 Å². The van der Waals surface area contributed by atoms with E-state index in [9.17, 15) is 4.79 Å². The Bertz CT molecular complexity index is 957. The summed E-state index contributed by atoms with van der Waals surface area (Å²) in [5, 5.41) is 12.6. The number of ketones is 1. The van der Waals surface area contributed by atoms with Crippen LogP contribution >= 0.6 is 27.7 Å². The molecule has 138 valence electrons. The van der Waals surface area contributed by atoms with E-state index in [4.69, 9.17) is 5.84 Å². The largest absolute Gasteiger partial charge is 0.334 e. The van der Waals surface area contributed by atoms with Gasteiger partial charge < -0.3 is 5.84 Å². The molecule has 3 aromatic rings. The van der Waals surface area contributed by atoms with Crippen molar-refractivity contribution in [1.29, 1.82) is 0 Å². The molecule has 0 fully saturated rings. The van der Waals surface area contributed by atoms with Crippen LogP contribution in [0.15, 0.2) is 63.5 Å². The molecule has 1 aromatic carbocycles. The molecule has 0 atom stereocenters. The lowest BCUT2D eigenvalue weighted by Gasteiger charge is -2.04. The van der Waals surface area contributed by atoms with Crippen LogP contribution in [-0.4, -0.2) is 37.1 Å². The van der Waals surface area contributed by atoms with Crippen molar-refractivity contribution >= 4 is 45.1 Å². The first-order chi connectivity index (χ1) is 13.0. The van der Waals surface area contributed by atoms with Crippen molar-refractivity contribution in [3.8, 4) is 0 Å². The van der Waals surface area contributed by atoms with Gasteiger partial charge in [-0.15, -0.1) is 10.2 Å². The molecule has 10 heteroatoms. The zero-order valence-corrected chi connectivity index (χ0v) is 16.7. The molecule has 2 aromatic heterocycles. The molecule has 0 amide bonds. The number of anilines is 1. The molecule has 0 aliphatic heterocycles. The minimum Gasteiger partial charge on any atom is -0.334 e. The third kappa shape index (κ3) is 4.92. The summed E-state index contributed by atoms with van der Waals surface area (Å²) in [5.74, 6) is 6.45. The van der Waals surface area contributed by atoms with Gasteiger partial charge in [0.25, 0.3) is 5.95 Å². The molecule has 27 heavy (non-hydrogen) atoms. The number of pyridine rings is 1. The second-order valence-corrected chi connectivity index (χ2v) is 7.30. The highest BCUT2D eigenvalue weighted by atomic mass is 79.9. The Balaban J connectivity index is 1.61. The van der Waals surface area contributed by atoms with Crippen molar-refractivity contribution in [3.05, 3.63) is 64.4 Å². The first kappa shape index (κ1) is 19.1. The van der Waals surface area contributed by atoms with Gasteiger partial charge in [0, 0.05) is 28.0 Å². The Kier molecular flexibility index (Phi) is 6.20. The highest BCUT2D eigenvalue weighted by Crippen LogP contribution is 2.19. The summed E-state index contributed by atoms with van der Waals surface area (Å²) >= 11 is 4.56. The van der Waals surface area contributed by atoms with Gasteiger partial charge in [0.2, 0.25) is 5.16 Å². The van der Waals surface area contributed by atoms with Crippen LogP contribution in [0.4, 0.5) is 5.95 Å². The number of aromatic nitrogens is 4. The van der Waals surface area contributed by atoms with Gasteiger partial charge in [-0.25, -0.2) is 10.1 Å². The Hall–Kier alpha value is -2.72. The molecule has 0 aliphatic carbocycles. The molecular formula is C17H16BrN7OS. The molecule has 0 aliphatic rings.